The average molecular weight is 461 g/mol. The van der Waals surface area contributed by atoms with Crippen LogP contribution in [-0.4, -0.2) is 59.0 Å². The smallest absolute Gasteiger partial charge is 0.241 e. The first-order valence-corrected chi connectivity index (χ1v) is 13.0. The molecule has 1 aliphatic heterocycles. The van der Waals surface area contributed by atoms with Crippen molar-refractivity contribution in [3.63, 3.8) is 0 Å². The van der Waals surface area contributed by atoms with Crippen LogP contribution < -0.4 is 15.4 Å². The molecule has 1 heterocycles. The number of likely N-dealkylation sites (tertiary alicyclic amines) is 1. The summed E-state index contributed by atoms with van der Waals surface area (Å²) in [6, 6.07) is 10.1. The summed E-state index contributed by atoms with van der Waals surface area (Å²) in [6.07, 6.45) is 4.01. The maximum atomic E-state index is 13.5. The Balaban J connectivity index is 1.89. The van der Waals surface area contributed by atoms with E-state index in [0.717, 1.165) is 30.3 Å². The van der Waals surface area contributed by atoms with Crippen molar-refractivity contribution in [1.82, 2.24) is 9.62 Å². The van der Waals surface area contributed by atoms with E-state index >= 15 is 0 Å². The van der Waals surface area contributed by atoms with Crippen LogP contribution in [0.4, 0.5) is 5.69 Å². The molecule has 1 fully saturated rings. The van der Waals surface area contributed by atoms with Gasteiger partial charge in [0.05, 0.1) is 4.90 Å². The molecule has 1 aliphatic rings. The molecular weight excluding hydrogens is 424 g/mol. The van der Waals surface area contributed by atoms with E-state index in [1.165, 1.54) is 0 Å². The lowest BCUT2D eigenvalue weighted by Gasteiger charge is -2.34. The minimum absolute atomic E-state index is 0.147. The fourth-order valence-corrected chi connectivity index (χ4v) is 5.92. The molecule has 176 valence electrons. The van der Waals surface area contributed by atoms with Crippen molar-refractivity contribution in [2.75, 3.05) is 38.6 Å². The second-order valence-electron chi connectivity index (χ2n) is 8.80. The number of piperidine rings is 1. The molecular formula is C24H36N4O3S. The third-order valence-corrected chi connectivity index (χ3v) is 7.96. The van der Waals surface area contributed by atoms with E-state index in [2.05, 4.69) is 11.6 Å². The van der Waals surface area contributed by atoms with E-state index in [-0.39, 0.29) is 10.8 Å². The molecule has 0 aliphatic carbocycles. The SMILES string of the molecule is CCC1CCN(C(=O)C(CCCN)NS(=O)(=O)c2cccc3c(N(C)C)cccc23)CC1. The summed E-state index contributed by atoms with van der Waals surface area (Å²) in [7, 11) is -0.0589. The molecule has 32 heavy (non-hydrogen) atoms. The van der Waals surface area contributed by atoms with Gasteiger partial charge >= 0.3 is 0 Å². The Morgan fingerprint density at radius 3 is 2.44 bits per heavy atom. The monoisotopic (exact) mass is 460 g/mol. The first-order chi connectivity index (χ1) is 15.3. The number of hydrogen-bond acceptors (Lipinski definition) is 5. The molecule has 1 atom stereocenters. The Morgan fingerprint density at radius 1 is 1.16 bits per heavy atom. The Morgan fingerprint density at radius 2 is 1.81 bits per heavy atom. The third kappa shape index (κ3) is 5.42. The van der Waals surface area contributed by atoms with Gasteiger partial charge in [-0.1, -0.05) is 37.6 Å². The number of nitrogens with one attached hydrogen (secondary N) is 1. The number of amides is 1. The molecule has 0 bridgehead atoms. The molecule has 3 rings (SSSR count). The largest absolute Gasteiger partial charge is 0.377 e. The van der Waals surface area contributed by atoms with Gasteiger partial charge in [0.15, 0.2) is 0 Å². The van der Waals surface area contributed by atoms with E-state index in [4.69, 9.17) is 5.73 Å². The second-order valence-corrected chi connectivity index (χ2v) is 10.5. The van der Waals surface area contributed by atoms with Gasteiger partial charge in [-0.15, -0.1) is 0 Å². The molecule has 2 aromatic rings. The lowest BCUT2D eigenvalue weighted by atomic mass is 9.94. The van der Waals surface area contributed by atoms with E-state index < -0.39 is 16.1 Å². The summed E-state index contributed by atoms with van der Waals surface area (Å²) < 4.78 is 29.6. The van der Waals surface area contributed by atoms with Crippen molar-refractivity contribution in [3.05, 3.63) is 36.4 Å². The van der Waals surface area contributed by atoms with E-state index in [1.54, 1.807) is 12.1 Å². The van der Waals surface area contributed by atoms with Crippen molar-refractivity contribution in [3.8, 4) is 0 Å². The van der Waals surface area contributed by atoms with Crippen molar-refractivity contribution in [2.24, 2.45) is 11.7 Å². The van der Waals surface area contributed by atoms with E-state index in [1.807, 2.05) is 48.2 Å². The van der Waals surface area contributed by atoms with Crippen LogP contribution in [0.5, 0.6) is 0 Å². The fourth-order valence-electron chi connectivity index (χ4n) is 4.48. The minimum atomic E-state index is -3.91. The van der Waals surface area contributed by atoms with Gasteiger partial charge in [-0.3, -0.25) is 4.79 Å². The van der Waals surface area contributed by atoms with Gasteiger partial charge in [0.2, 0.25) is 15.9 Å². The molecule has 0 aromatic heterocycles. The average Bonchev–Trinajstić information content (AvgIpc) is 2.80. The van der Waals surface area contributed by atoms with Gasteiger partial charge in [0, 0.05) is 43.6 Å². The standard InChI is InChI=1S/C24H36N4O3S/c1-4-18-13-16-28(17-14-18)24(29)21(10-7-15-25)26-32(30,31)23-12-6-8-19-20(23)9-5-11-22(19)27(2)3/h5-6,8-9,11-12,18,21,26H,4,7,10,13-17,25H2,1-3H3. The summed E-state index contributed by atoms with van der Waals surface area (Å²) >= 11 is 0. The van der Waals surface area contributed by atoms with Gasteiger partial charge in [-0.2, -0.15) is 4.72 Å². The second kappa shape index (κ2) is 10.6. The first kappa shape index (κ1) is 24.5. The van der Waals surface area contributed by atoms with Crippen molar-refractivity contribution < 1.29 is 13.2 Å². The number of nitrogens with two attached hydrogens (primary N) is 1. The summed E-state index contributed by atoms with van der Waals surface area (Å²) in [5.41, 5.74) is 6.62. The van der Waals surface area contributed by atoms with Crippen LogP contribution in [0.3, 0.4) is 0 Å². The summed E-state index contributed by atoms with van der Waals surface area (Å²) in [4.78, 5) is 17.2. The lowest BCUT2D eigenvalue weighted by molar-refractivity contribution is -0.134. The van der Waals surface area contributed by atoms with Gasteiger partial charge in [0.1, 0.15) is 6.04 Å². The van der Waals surface area contributed by atoms with Crippen LogP contribution in [0.1, 0.15) is 39.0 Å². The predicted molar refractivity (Wildman–Crippen MR) is 130 cm³/mol. The number of hydrogen-bond donors (Lipinski definition) is 2. The summed E-state index contributed by atoms with van der Waals surface area (Å²) in [5.74, 6) is 0.491. The van der Waals surface area contributed by atoms with E-state index in [0.29, 0.717) is 43.8 Å². The highest BCUT2D eigenvalue weighted by atomic mass is 32.2. The minimum Gasteiger partial charge on any atom is -0.377 e. The maximum absolute atomic E-state index is 13.5. The number of carbonyl (C=O) groups excluding carboxylic acids is 1. The predicted octanol–water partition coefficient (Wildman–Crippen LogP) is 2.94. The highest BCUT2D eigenvalue weighted by Crippen LogP contribution is 2.30. The van der Waals surface area contributed by atoms with Crippen LogP contribution in [-0.2, 0) is 14.8 Å². The summed E-state index contributed by atoms with van der Waals surface area (Å²) in [6.45, 7) is 3.94. The van der Waals surface area contributed by atoms with Crippen molar-refractivity contribution in [1.29, 1.82) is 0 Å². The Hall–Kier alpha value is -2.16. The van der Waals surface area contributed by atoms with Crippen LogP contribution in [0.25, 0.3) is 10.8 Å². The van der Waals surface area contributed by atoms with Crippen LogP contribution in [0.15, 0.2) is 41.3 Å². The van der Waals surface area contributed by atoms with Crippen molar-refractivity contribution >= 4 is 32.4 Å². The molecule has 8 heteroatoms. The number of carbonyl (C=O) groups is 1. The number of rotatable bonds is 9. The summed E-state index contributed by atoms with van der Waals surface area (Å²) in [5, 5.41) is 1.49. The van der Waals surface area contributed by atoms with Crippen molar-refractivity contribution in [2.45, 2.75) is 50.0 Å². The van der Waals surface area contributed by atoms with Gasteiger partial charge in [-0.05, 0) is 50.3 Å². The van der Waals surface area contributed by atoms with Crippen LogP contribution in [0, 0.1) is 5.92 Å². The van der Waals surface area contributed by atoms with E-state index in [9.17, 15) is 13.2 Å². The lowest BCUT2D eigenvalue weighted by Crippen LogP contribution is -2.50. The Labute approximate surface area is 192 Å². The molecule has 1 unspecified atom stereocenters. The molecule has 0 radical (unpaired) electrons. The highest BCUT2D eigenvalue weighted by Gasteiger charge is 2.31. The Kier molecular flexibility index (Phi) is 8.14. The van der Waals surface area contributed by atoms with Gasteiger partial charge in [-0.25, -0.2) is 8.42 Å². The normalized spacial score (nSPS) is 16.3. The zero-order chi connectivity index (χ0) is 23.3. The fraction of sp³-hybridized carbons (Fsp3) is 0.542. The number of fused-ring (bicyclic) bond motifs is 1. The molecule has 0 spiro atoms. The zero-order valence-corrected chi connectivity index (χ0v) is 20.2. The highest BCUT2D eigenvalue weighted by molar-refractivity contribution is 7.89. The number of nitrogens with zero attached hydrogens (tertiary/aromatic N) is 2. The number of sulfonamides is 1. The molecule has 1 saturated heterocycles. The topological polar surface area (TPSA) is 95.7 Å². The van der Waals surface area contributed by atoms with Crippen LogP contribution >= 0.6 is 0 Å². The molecule has 2 aromatic carbocycles. The third-order valence-electron chi connectivity index (χ3n) is 6.43. The Bertz CT molecular complexity index is 1030. The van der Waals surface area contributed by atoms with Gasteiger partial charge in [0.25, 0.3) is 0 Å². The number of anilines is 1. The molecule has 1 amide bonds. The van der Waals surface area contributed by atoms with Crippen LogP contribution in [0.2, 0.25) is 0 Å². The first-order valence-electron chi connectivity index (χ1n) is 11.5. The zero-order valence-electron chi connectivity index (χ0n) is 19.4. The maximum Gasteiger partial charge on any atom is 0.241 e. The quantitative estimate of drug-likeness (QED) is 0.600. The molecule has 0 saturated carbocycles. The number of benzene rings is 2. The molecule has 3 N–H and O–H groups in total. The van der Waals surface area contributed by atoms with Gasteiger partial charge < -0.3 is 15.5 Å². The molecule has 7 nitrogen and oxygen atoms in total.